The Morgan fingerprint density at radius 3 is 2.07 bits per heavy atom. The lowest BCUT2D eigenvalue weighted by molar-refractivity contribution is -0.140. The summed E-state index contributed by atoms with van der Waals surface area (Å²) in [7, 11) is 0. The van der Waals surface area contributed by atoms with Gasteiger partial charge in [0.25, 0.3) is 0 Å². The Kier molecular flexibility index (Phi) is 5.08. The van der Waals surface area contributed by atoms with Crippen molar-refractivity contribution in [2.24, 2.45) is 0 Å². The number of nitrogens with zero attached hydrogens (tertiary/aromatic N) is 4. The molecule has 0 saturated heterocycles. The molecular weight excluding hydrogens is 436 g/mol. The molecule has 30 heavy (non-hydrogen) atoms. The summed E-state index contributed by atoms with van der Waals surface area (Å²) >= 11 is 5.74. The minimum absolute atomic E-state index is 0.0164. The van der Waals surface area contributed by atoms with Crippen LogP contribution >= 0.6 is 11.6 Å². The minimum atomic E-state index is -4.98. The zero-order valence-electron chi connectivity index (χ0n) is 15.9. The molecule has 0 bridgehead atoms. The molecule has 0 atom stereocenters. The first-order valence-corrected chi connectivity index (χ1v) is 8.87. The number of hydrogen-bond acceptors (Lipinski definition) is 3. The molecule has 2 aromatic heterocycles. The first kappa shape index (κ1) is 22.0. The molecule has 1 aromatic carbocycles. The monoisotopic (exact) mass is 451 g/mol. The van der Waals surface area contributed by atoms with E-state index in [9.17, 15) is 26.3 Å². The number of nitrogen functional groups attached to an aromatic ring is 1. The van der Waals surface area contributed by atoms with Crippen LogP contribution in [0.4, 0.5) is 32.2 Å². The van der Waals surface area contributed by atoms with Crippen molar-refractivity contribution in [2.75, 3.05) is 5.73 Å². The van der Waals surface area contributed by atoms with Gasteiger partial charge in [0.2, 0.25) is 0 Å². The van der Waals surface area contributed by atoms with Gasteiger partial charge in [-0.25, -0.2) is 0 Å². The van der Waals surface area contributed by atoms with Gasteiger partial charge in [-0.15, -0.1) is 0 Å². The van der Waals surface area contributed by atoms with Gasteiger partial charge in [0.15, 0.2) is 11.5 Å². The second-order valence-corrected chi connectivity index (χ2v) is 7.97. The summed E-state index contributed by atoms with van der Waals surface area (Å²) in [6, 6.07) is 3.53. The number of hydrogen-bond donors (Lipinski definition) is 1. The van der Waals surface area contributed by atoms with Gasteiger partial charge in [0.1, 0.15) is 5.82 Å². The third kappa shape index (κ3) is 4.11. The van der Waals surface area contributed by atoms with Crippen molar-refractivity contribution in [1.82, 2.24) is 19.6 Å². The van der Waals surface area contributed by atoms with Crippen LogP contribution in [0, 0.1) is 0 Å². The first-order chi connectivity index (χ1) is 13.6. The van der Waals surface area contributed by atoms with Gasteiger partial charge in [0.05, 0.1) is 16.7 Å². The Hall–Kier alpha value is -2.69. The first-order valence-electron chi connectivity index (χ1n) is 8.49. The van der Waals surface area contributed by atoms with E-state index >= 15 is 0 Å². The Labute approximate surface area is 172 Å². The van der Waals surface area contributed by atoms with Crippen LogP contribution in [0.25, 0.3) is 16.9 Å². The van der Waals surface area contributed by atoms with E-state index in [1.165, 1.54) is 16.9 Å². The van der Waals surface area contributed by atoms with Crippen LogP contribution in [0.5, 0.6) is 0 Å². The van der Waals surface area contributed by atoms with E-state index in [2.05, 4.69) is 10.2 Å². The number of rotatable bonds is 2. The molecule has 5 nitrogen and oxygen atoms in total. The van der Waals surface area contributed by atoms with E-state index in [1.54, 1.807) is 0 Å². The van der Waals surface area contributed by atoms with Gasteiger partial charge >= 0.3 is 12.4 Å². The number of anilines is 1. The van der Waals surface area contributed by atoms with Crippen molar-refractivity contribution >= 4 is 17.4 Å². The summed E-state index contributed by atoms with van der Waals surface area (Å²) in [5, 5.41) is 7.30. The van der Waals surface area contributed by atoms with Crippen molar-refractivity contribution in [3.05, 3.63) is 46.7 Å². The molecule has 0 aliphatic rings. The molecule has 12 heteroatoms. The topological polar surface area (TPSA) is 61.7 Å². The highest BCUT2D eigenvalue weighted by Gasteiger charge is 2.41. The molecular formula is C18H16ClF6N5. The summed E-state index contributed by atoms with van der Waals surface area (Å²) in [6.45, 7) is 5.48. The molecule has 2 heterocycles. The molecule has 3 rings (SSSR count). The second kappa shape index (κ2) is 6.93. The summed E-state index contributed by atoms with van der Waals surface area (Å²) in [5.41, 5.74) is 1.64. The zero-order chi connectivity index (χ0) is 22.6. The number of halogens is 7. The number of benzene rings is 1. The molecule has 2 N–H and O–H groups in total. The fourth-order valence-electron chi connectivity index (χ4n) is 2.79. The molecule has 0 aliphatic heterocycles. The molecule has 0 amide bonds. The normalized spacial score (nSPS) is 13.1. The fourth-order valence-corrected chi connectivity index (χ4v) is 3.02. The third-order valence-electron chi connectivity index (χ3n) is 4.18. The smallest absolute Gasteiger partial charge is 0.383 e. The number of nitrogens with two attached hydrogens (primary N) is 1. The lowest BCUT2D eigenvalue weighted by Gasteiger charge is -2.18. The molecule has 0 aliphatic carbocycles. The van der Waals surface area contributed by atoms with Gasteiger partial charge in [-0.3, -0.25) is 4.68 Å². The van der Waals surface area contributed by atoms with E-state index < -0.39 is 51.1 Å². The molecule has 0 radical (unpaired) electrons. The van der Waals surface area contributed by atoms with Crippen LogP contribution in [0.15, 0.2) is 30.5 Å². The predicted molar refractivity (Wildman–Crippen MR) is 99.2 cm³/mol. The fraction of sp³-hybridized carbons (Fsp3) is 0.333. The van der Waals surface area contributed by atoms with Crippen molar-refractivity contribution in [3.63, 3.8) is 0 Å². The Balaban J connectivity index is 2.26. The van der Waals surface area contributed by atoms with Gasteiger partial charge < -0.3 is 5.73 Å². The highest BCUT2D eigenvalue weighted by Crippen LogP contribution is 2.43. The third-order valence-corrected chi connectivity index (χ3v) is 4.40. The van der Waals surface area contributed by atoms with Crippen LogP contribution < -0.4 is 5.73 Å². The average Bonchev–Trinajstić information content (AvgIpc) is 3.17. The highest BCUT2D eigenvalue weighted by atomic mass is 35.5. The van der Waals surface area contributed by atoms with Crippen LogP contribution in [-0.2, 0) is 17.9 Å². The molecule has 162 valence electrons. The molecule has 0 spiro atoms. The minimum Gasteiger partial charge on any atom is -0.383 e. The number of alkyl halides is 6. The summed E-state index contributed by atoms with van der Waals surface area (Å²) in [4.78, 5) is 0. The van der Waals surface area contributed by atoms with Crippen molar-refractivity contribution in [1.29, 1.82) is 0 Å². The van der Waals surface area contributed by atoms with E-state index in [1.807, 2.05) is 20.8 Å². The Morgan fingerprint density at radius 1 is 0.933 bits per heavy atom. The molecule has 0 unspecified atom stereocenters. The summed E-state index contributed by atoms with van der Waals surface area (Å²) < 4.78 is 82.6. The number of aromatic nitrogens is 4. The quantitative estimate of drug-likeness (QED) is 0.504. The summed E-state index contributed by atoms with van der Waals surface area (Å²) in [5.74, 6) is -0.533. The molecule has 0 saturated carbocycles. The largest absolute Gasteiger partial charge is 0.435 e. The van der Waals surface area contributed by atoms with Crippen molar-refractivity contribution < 1.29 is 26.3 Å². The van der Waals surface area contributed by atoms with E-state index in [4.69, 9.17) is 17.3 Å². The average molecular weight is 452 g/mol. The van der Waals surface area contributed by atoms with Crippen LogP contribution in [-0.4, -0.2) is 19.6 Å². The van der Waals surface area contributed by atoms with Crippen LogP contribution in [0.3, 0.4) is 0 Å². The lowest BCUT2D eigenvalue weighted by atomic mass is 10.0. The Morgan fingerprint density at radius 2 is 1.57 bits per heavy atom. The van der Waals surface area contributed by atoms with Crippen molar-refractivity contribution in [2.45, 2.75) is 38.7 Å². The van der Waals surface area contributed by atoms with Crippen LogP contribution in [0.2, 0.25) is 5.02 Å². The van der Waals surface area contributed by atoms with Gasteiger partial charge in [-0.2, -0.15) is 41.2 Å². The van der Waals surface area contributed by atoms with Gasteiger partial charge in [0, 0.05) is 17.3 Å². The van der Waals surface area contributed by atoms with Crippen LogP contribution in [0.1, 0.15) is 32.0 Å². The maximum absolute atomic E-state index is 13.7. The lowest BCUT2D eigenvalue weighted by Crippen LogP contribution is -2.22. The standard InChI is InChI=1S/C18H16ClF6N5/c1-16(2,3)29-5-4-12(27-29)30-15(26)13(14(28-30)18(23,24)25)9-6-10(17(20,21)22)8-11(19)7-9/h4-8H,26H2,1-3H3. The molecule has 0 fully saturated rings. The van der Waals surface area contributed by atoms with Gasteiger partial charge in [-0.1, -0.05) is 11.6 Å². The SMILES string of the molecule is CC(C)(C)n1ccc(-n2nc(C(F)(F)F)c(-c3cc(Cl)cc(C(F)(F)F)c3)c2N)n1. The second-order valence-electron chi connectivity index (χ2n) is 7.53. The Bertz CT molecular complexity index is 1090. The zero-order valence-corrected chi connectivity index (χ0v) is 16.7. The molecule has 3 aromatic rings. The van der Waals surface area contributed by atoms with E-state index in [-0.39, 0.29) is 5.82 Å². The van der Waals surface area contributed by atoms with E-state index in [0.29, 0.717) is 12.1 Å². The van der Waals surface area contributed by atoms with E-state index in [0.717, 1.165) is 10.7 Å². The predicted octanol–water partition coefficient (Wildman–Crippen LogP) is 5.76. The van der Waals surface area contributed by atoms with Gasteiger partial charge in [-0.05, 0) is 44.5 Å². The maximum Gasteiger partial charge on any atom is 0.435 e. The van der Waals surface area contributed by atoms with Crippen molar-refractivity contribution in [3.8, 4) is 16.9 Å². The maximum atomic E-state index is 13.7. The highest BCUT2D eigenvalue weighted by molar-refractivity contribution is 6.31. The summed E-state index contributed by atoms with van der Waals surface area (Å²) in [6.07, 6.45) is -8.26.